The van der Waals surface area contributed by atoms with Crippen LogP contribution in [0.2, 0.25) is 0 Å². The maximum Gasteiger partial charge on any atom is 0.407 e. The van der Waals surface area contributed by atoms with E-state index in [1.54, 1.807) is 11.8 Å². The number of nitrogens with one attached hydrogen (secondary N) is 2. The van der Waals surface area contributed by atoms with Crippen LogP contribution in [-0.4, -0.2) is 48.5 Å². The second-order valence-corrected chi connectivity index (χ2v) is 6.18. The lowest BCUT2D eigenvalue weighted by Crippen LogP contribution is -2.43. The van der Waals surface area contributed by atoms with Gasteiger partial charge < -0.3 is 14.8 Å². The van der Waals surface area contributed by atoms with Crippen LogP contribution in [0, 0.1) is 0 Å². The van der Waals surface area contributed by atoms with Crippen molar-refractivity contribution in [3.05, 3.63) is 0 Å². The minimum absolute atomic E-state index is 0.00150. The van der Waals surface area contributed by atoms with E-state index in [1.807, 2.05) is 20.8 Å². The third kappa shape index (κ3) is 5.14. The lowest BCUT2D eigenvalue weighted by Gasteiger charge is -2.20. The molecule has 0 aromatic heterocycles. The third-order valence-corrected chi connectivity index (χ3v) is 3.40. The van der Waals surface area contributed by atoms with Crippen LogP contribution in [0.5, 0.6) is 0 Å². The van der Waals surface area contributed by atoms with Crippen LogP contribution < -0.4 is 10.6 Å². The highest BCUT2D eigenvalue weighted by Gasteiger charge is 2.30. The summed E-state index contributed by atoms with van der Waals surface area (Å²) >= 11 is 1.57. The third-order valence-electron chi connectivity index (χ3n) is 2.17. The van der Waals surface area contributed by atoms with Gasteiger partial charge in [0.05, 0.1) is 12.5 Å². The normalized spacial score (nSPS) is 23.6. The molecule has 0 aromatic carbocycles. The molecule has 1 saturated heterocycles. The molecule has 1 amide bonds. The van der Waals surface area contributed by atoms with E-state index < -0.39 is 11.7 Å². The predicted octanol–water partition coefficient (Wildman–Crippen LogP) is 0.715. The molecule has 0 aromatic rings. The summed E-state index contributed by atoms with van der Waals surface area (Å²) in [5.41, 5.74) is -0.505. The van der Waals surface area contributed by atoms with E-state index in [0.29, 0.717) is 12.3 Å². The van der Waals surface area contributed by atoms with Gasteiger partial charge in [0.1, 0.15) is 11.6 Å². The fraction of sp³-hybridized carbons (Fsp3) is 0.818. The molecule has 0 radical (unpaired) electrons. The molecule has 7 heteroatoms. The van der Waals surface area contributed by atoms with E-state index in [-0.39, 0.29) is 17.4 Å². The van der Waals surface area contributed by atoms with Crippen molar-refractivity contribution in [3.8, 4) is 0 Å². The topological polar surface area (TPSA) is 76.7 Å². The Morgan fingerprint density at radius 1 is 1.44 bits per heavy atom. The number of rotatable bonds is 3. The van der Waals surface area contributed by atoms with Gasteiger partial charge in [-0.2, -0.15) is 0 Å². The lowest BCUT2D eigenvalue weighted by atomic mass is 10.2. The number of amides is 1. The highest BCUT2D eigenvalue weighted by Crippen LogP contribution is 2.18. The van der Waals surface area contributed by atoms with Gasteiger partial charge in [-0.3, -0.25) is 10.1 Å². The number of hydrogen-bond donors (Lipinski definition) is 2. The van der Waals surface area contributed by atoms with Crippen molar-refractivity contribution < 1.29 is 19.1 Å². The second kappa shape index (κ2) is 6.29. The Morgan fingerprint density at radius 3 is 2.67 bits per heavy atom. The van der Waals surface area contributed by atoms with Gasteiger partial charge in [0.2, 0.25) is 0 Å². The van der Waals surface area contributed by atoms with Crippen LogP contribution in [0.15, 0.2) is 0 Å². The van der Waals surface area contributed by atoms with Gasteiger partial charge in [-0.05, 0) is 20.8 Å². The van der Waals surface area contributed by atoms with Crippen LogP contribution in [0.4, 0.5) is 4.79 Å². The van der Waals surface area contributed by atoms with Gasteiger partial charge in [0.25, 0.3) is 0 Å². The first kappa shape index (κ1) is 15.1. The Kier molecular flexibility index (Phi) is 5.28. The summed E-state index contributed by atoms with van der Waals surface area (Å²) in [5.74, 6) is 0.370. The molecule has 1 rings (SSSR count). The van der Waals surface area contributed by atoms with Gasteiger partial charge in [-0.25, -0.2) is 4.79 Å². The van der Waals surface area contributed by atoms with Crippen molar-refractivity contribution in [3.63, 3.8) is 0 Å². The second-order valence-electron chi connectivity index (χ2n) is 4.95. The Hall–Kier alpha value is -0.950. The molecule has 2 atom stereocenters. The Balaban J connectivity index is 2.26. The number of thioether (sulfide) groups is 1. The quantitative estimate of drug-likeness (QED) is 0.740. The van der Waals surface area contributed by atoms with Crippen molar-refractivity contribution in [2.24, 2.45) is 0 Å². The zero-order valence-corrected chi connectivity index (χ0v) is 11.9. The molecule has 6 nitrogen and oxygen atoms in total. The SMILES string of the molecule is COC(=O)[C@H]1CS[C@H](CNC(=O)OC(C)(C)C)N1. The molecule has 0 aliphatic carbocycles. The molecule has 0 saturated carbocycles. The van der Waals surface area contributed by atoms with Gasteiger partial charge in [0, 0.05) is 12.3 Å². The molecule has 0 unspecified atom stereocenters. The zero-order chi connectivity index (χ0) is 13.8. The molecule has 104 valence electrons. The standard InChI is InChI=1S/C11H20N2O4S/c1-11(2,3)17-10(15)12-5-8-13-7(6-18-8)9(14)16-4/h7-8,13H,5-6H2,1-4H3,(H,12,15)/t7-,8-/m1/s1. The minimum Gasteiger partial charge on any atom is -0.468 e. The predicted molar refractivity (Wildman–Crippen MR) is 69.4 cm³/mol. The lowest BCUT2D eigenvalue weighted by molar-refractivity contribution is -0.142. The van der Waals surface area contributed by atoms with Crippen molar-refractivity contribution in [2.45, 2.75) is 37.8 Å². The van der Waals surface area contributed by atoms with Crippen LogP contribution in [0.3, 0.4) is 0 Å². The number of carbonyl (C=O) groups is 2. The Morgan fingerprint density at radius 2 is 2.11 bits per heavy atom. The Bertz CT molecular complexity index is 317. The summed E-state index contributed by atoms with van der Waals surface area (Å²) in [4.78, 5) is 22.7. The summed E-state index contributed by atoms with van der Waals surface area (Å²) < 4.78 is 9.76. The molecule has 1 heterocycles. The van der Waals surface area contributed by atoms with Gasteiger partial charge >= 0.3 is 12.1 Å². The molecular weight excluding hydrogens is 256 g/mol. The average molecular weight is 276 g/mol. The zero-order valence-electron chi connectivity index (χ0n) is 11.1. The number of carbonyl (C=O) groups excluding carboxylic acids is 2. The van der Waals surface area contributed by atoms with Crippen LogP contribution >= 0.6 is 11.8 Å². The van der Waals surface area contributed by atoms with Crippen molar-refractivity contribution in [2.75, 3.05) is 19.4 Å². The number of esters is 1. The number of hydrogen-bond acceptors (Lipinski definition) is 6. The molecule has 1 aliphatic heterocycles. The highest BCUT2D eigenvalue weighted by molar-refractivity contribution is 8.00. The minimum atomic E-state index is -0.505. The smallest absolute Gasteiger partial charge is 0.407 e. The molecule has 1 aliphatic rings. The molecule has 2 N–H and O–H groups in total. The van der Waals surface area contributed by atoms with E-state index in [0.717, 1.165) is 0 Å². The molecule has 0 bridgehead atoms. The highest BCUT2D eigenvalue weighted by atomic mass is 32.2. The fourth-order valence-electron chi connectivity index (χ4n) is 1.42. The number of alkyl carbamates (subject to hydrolysis) is 1. The fourth-order valence-corrected chi connectivity index (χ4v) is 2.54. The van der Waals surface area contributed by atoms with Crippen LogP contribution in [0.25, 0.3) is 0 Å². The van der Waals surface area contributed by atoms with Crippen molar-refractivity contribution in [1.82, 2.24) is 10.6 Å². The summed E-state index contributed by atoms with van der Waals surface area (Å²) in [6.45, 7) is 5.83. The molecule has 18 heavy (non-hydrogen) atoms. The van der Waals surface area contributed by atoms with Crippen LogP contribution in [0.1, 0.15) is 20.8 Å². The first-order chi connectivity index (χ1) is 8.31. The maximum atomic E-state index is 11.4. The first-order valence-corrected chi connectivity index (χ1v) is 6.79. The van der Waals surface area contributed by atoms with Crippen LogP contribution in [-0.2, 0) is 14.3 Å². The van der Waals surface area contributed by atoms with Gasteiger partial charge in [-0.1, -0.05) is 0 Å². The van der Waals surface area contributed by atoms with E-state index in [4.69, 9.17) is 4.74 Å². The molecule has 0 spiro atoms. The first-order valence-electron chi connectivity index (χ1n) is 5.74. The van der Waals surface area contributed by atoms with E-state index in [9.17, 15) is 9.59 Å². The molecule has 1 fully saturated rings. The number of methoxy groups -OCH3 is 1. The summed E-state index contributed by atoms with van der Waals surface area (Å²) in [6, 6.07) is -0.301. The van der Waals surface area contributed by atoms with Gasteiger partial charge in [-0.15, -0.1) is 11.8 Å². The van der Waals surface area contributed by atoms with E-state index >= 15 is 0 Å². The summed E-state index contributed by atoms with van der Waals surface area (Å²) in [6.07, 6.45) is -0.452. The maximum absolute atomic E-state index is 11.4. The Labute approximate surface area is 111 Å². The van der Waals surface area contributed by atoms with Crippen molar-refractivity contribution >= 4 is 23.8 Å². The van der Waals surface area contributed by atoms with Gasteiger partial charge in [0.15, 0.2) is 0 Å². The average Bonchev–Trinajstić information content (AvgIpc) is 2.71. The van der Waals surface area contributed by atoms with E-state index in [1.165, 1.54) is 7.11 Å². The number of ether oxygens (including phenoxy) is 2. The molecular formula is C11H20N2O4S. The largest absolute Gasteiger partial charge is 0.468 e. The van der Waals surface area contributed by atoms with E-state index in [2.05, 4.69) is 15.4 Å². The summed E-state index contributed by atoms with van der Waals surface area (Å²) in [7, 11) is 1.36. The summed E-state index contributed by atoms with van der Waals surface area (Å²) in [5, 5.41) is 5.74. The monoisotopic (exact) mass is 276 g/mol. The van der Waals surface area contributed by atoms with Crippen molar-refractivity contribution in [1.29, 1.82) is 0 Å².